The van der Waals surface area contributed by atoms with E-state index in [1.165, 1.54) is 11.1 Å². The van der Waals surface area contributed by atoms with Gasteiger partial charge < -0.3 is 44.4 Å². The number of ketones is 1. The number of nitrogens with zero attached hydrogens (tertiary/aromatic N) is 1. The van der Waals surface area contributed by atoms with Gasteiger partial charge in [-0.15, -0.1) is 0 Å². The number of carbonyl (C=O) groups is 3. The molecule has 1 aromatic rings. The van der Waals surface area contributed by atoms with Gasteiger partial charge in [-0.25, -0.2) is 0 Å². The smallest absolute Gasteiger partial charge is 0.547 e. The minimum absolute atomic E-state index is 0. The molecule has 174 valence electrons. The number of hydrogen-bond donors (Lipinski definition) is 2. The van der Waals surface area contributed by atoms with Crippen LogP contribution in [-0.4, -0.2) is 123 Å². The molecule has 1 saturated carbocycles. The Morgan fingerprint density at radius 3 is 2.45 bits per heavy atom. The SMILES string of the molecule is COc1ccc2c3c1O[C@H]1C(=O)CC[C@H]4[C@@H](C2)N(C)CC[C@]314.O=C([O-])C(O)C(O)C(=O)[O-].[Sr+2]. The molecule has 4 aliphatic rings. The van der Waals surface area contributed by atoms with Gasteiger partial charge in [0.05, 0.1) is 19.0 Å². The van der Waals surface area contributed by atoms with Crippen LogP contribution in [0.15, 0.2) is 12.1 Å². The second-order valence-corrected chi connectivity index (χ2v) is 8.81. The summed E-state index contributed by atoms with van der Waals surface area (Å²) in [6, 6.07) is 4.73. The number of aliphatic hydroxyl groups is 2. The Hall–Kier alpha value is -1.21. The molecule has 1 saturated heterocycles. The second-order valence-electron chi connectivity index (χ2n) is 8.81. The Labute approximate surface area is 227 Å². The predicted molar refractivity (Wildman–Crippen MR) is 109 cm³/mol. The van der Waals surface area contributed by atoms with E-state index in [9.17, 15) is 24.6 Å². The van der Waals surface area contributed by atoms with Crippen molar-refractivity contribution in [1.29, 1.82) is 0 Å². The number of likely N-dealkylation sites (N-methyl/N-ethyl adjacent to an activating group) is 1. The molecule has 2 heterocycles. The van der Waals surface area contributed by atoms with Gasteiger partial charge in [-0.3, -0.25) is 4.79 Å². The van der Waals surface area contributed by atoms with Gasteiger partial charge in [0, 0.05) is 23.4 Å². The van der Waals surface area contributed by atoms with Crippen molar-refractivity contribution < 1.29 is 44.3 Å². The summed E-state index contributed by atoms with van der Waals surface area (Å²) in [5.74, 6) is -1.66. The fraction of sp³-hybridized carbons (Fsp3) is 0.591. The Morgan fingerprint density at radius 1 is 1.24 bits per heavy atom. The first-order chi connectivity index (χ1) is 15.1. The van der Waals surface area contributed by atoms with Crippen molar-refractivity contribution >= 4 is 63.2 Å². The van der Waals surface area contributed by atoms with Crippen molar-refractivity contribution in [2.24, 2.45) is 5.92 Å². The third kappa shape index (κ3) is 4.11. The molecular formula is C22H25NO9Sr. The van der Waals surface area contributed by atoms with E-state index in [2.05, 4.69) is 18.0 Å². The van der Waals surface area contributed by atoms with Gasteiger partial charge in [-0.2, -0.15) is 0 Å². The van der Waals surface area contributed by atoms with Gasteiger partial charge in [-0.05, 0) is 50.4 Å². The molecule has 0 aromatic heterocycles. The van der Waals surface area contributed by atoms with E-state index in [1.54, 1.807) is 7.11 Å². The van der Waals surface area contributed by atoms with Crippen LogP contribution in [0.1, 0.15) is 30.4 Å². The van der Waals surface area contributed by atoms with Crippen molar-refractivity contribution in [3.05, 3.63) is 23.3 Å². The van der Waals surface area contributed by atoms with Crippen LogP contribution in [0.25, 0.3) is 0 Å². The second kappa shape index (κ2) is 9.81. The van der Waals surface area contributed by atoms with Gasteiger partial charge in [0.2, 0.25) is 0 Å². The molecule has 2 bridgehead atoms. The zero-order valence-corrected chi connectivity index (χ0v) is 22.0. The molecule has 0 radical (unpaired) electrons. The summed E-state index contributed by atoms with van der Waals surface area (Å²) in [6.07, 6.45) is -1.41. The van der Waals surface area contributed by atoms with Gasteiger partial charge in [0.1, 0.15) is 12.2 Å². The van der Waals surface area contributed by atoms with E-state index >= 15 is 0 Å². The fourth-order valence-corrected chi connectivity index (χ4v) is 5.93. The number of aliphatic hydroxyl groups excluding tert-OH is 2. The fourth-order valence-electron chi connectivity index (χ4n) is 5.93. The molecule has 2 aliphatic carbocycles. The number of piperidine rings is 1. The molecule has 1 aromatic carbocycles. The number of carbonyl (C=O) groups excluding carboxylic acids is 3. The number of rotatable bonds is 4. The maximum atomic E-state index is 12.6. The summed E-state index contributed by atoms with van der Waals surface area (Å²) in [5.41, 5.74) is 2.57. The third-order valence-electron chi connectivity index (χ3n) is 7.37. The quantitative estimate of drug-likeness (QED) is 0.376. The number of ether oxygens (including phenoxy) is 2. The summed E-state index contributed by atoms with van der Waals surface area (Å²) in [5, 5.41) is 35.7. The van der Waals surface area contributed by atoms with E-state index in [0.29, 0.717) is 18.4 Å². The van der Waals surface area contributed by atoms with Gasteiger partial charge in [-0.1, -0.05) is 6.07 Å². The van der Waals surface area contributed by atoms with Crippen LogP contribution in [0.3, 0.4) is 0 Å². The van der Waals surface area contributed by atoms with Crippen LogP contribution in [-0.2, 0) is 26.2 Å². The number of likely N-dealkylation sites (tertiary alicyclic amines) is 1. The van der Waals surface area contributed by atoms with Crippen molar-refractivity contribution in [2.75, 3.05) is 20.7 Å². The Kier molecular flexibility index (Phi) is 7.84. The predicted octanol–water partition coefficient (Wildman–Crippen LogP) is -3.24. The number of aliphatic carboxylic acids is 2. The van der Waals surface area contributed by atoms with Crippen molar-refractivity contribution in [1.82, 2.24) is 4.90 Å². The van der Waals surface area contributed by atoms with Crippen molar-refractivity contribution in [3.8, 4) is 11.5 Å². The zero-order chi connectivity index (χ0) is 23.4. The largest absolute Gasteiger partial charge is 2.00 e. The average Bonchev–Trinajstić information content (AvgIpc) is 3.12. The van der Waals surface area contributed by atoms with Gasteiger partial charge in [0.15, 0.2) is 23.4 Å². The molecule has 5 rings (SSSR count). The Morgan fingerprint density at radius 2 is 1.88 bits per heavy atom. The summed E-state index contributed by atoms with van der Waals surface area (Å²) in [7, 11) is 3.91. The molecule has 2 fully saturated rings. The van der Waals surface area contributed by atoms with E-state index < -0.39 is 24.1 Å². The van der Waals surface area contributed by atoms with Crippen LogP contribution in [0, 0.1) is 5.92 Å². The van der Waals surface area contributed by atoms with Crippen LogP contribution in [0.5, 0.6) is 11.5 Å². The number of carboxylic acid groups (broad SMARTS) is 2. The molecule has 0 amide bonds. The molecule has 2 aliphatic heterocycles. The molecule has 11 heteroatoms. The number of Topliss-reactive ketones (excluding diaryl/α,β-unsaturated/α-hetero) is 1. The number of methoxy groups -OCH3 is 1. The zero-order valence-electron chi connectivity index (χ0n) is 18.5. The van der Waals surface area contributed by atoms with Gasteiger partial charge in [0.25, 0.3) is 0 Å². The van der Waals surface area contributed by atoms with E-state index in [0.717, 1.165) is 37.3 Å². The summed E-state index contributed by atoms with van der Waals surface area (Å²) < 4.78 is 11.8. The van der Waals surface area contributed by atoms with Crippen LogP contribution < -0.4 is 19.7 Å². The Balaban J connectivity index is 0.000000241. The standard InChI is InChI=1S/C18H21NO3.C4H6O6.Sr/c1-19-8-7-18-11-4-5-13(20)17(18)22-16-14(21-2)6-3-10(15(16)18)9-12(11)19;5-1(3(7)8)2(6)4(9)10;/h3,6,11-12,17H,4-5,7-9H2,1-2H3;1-2,5-6H,(H,7,8)(H,9,10);/q;;+2/p-2/t11-,12+,17-,18-;;/m0../s1. The topological polar surface area (TPSA) is 159 Å². The molecule has 33 heavy (non-hydrogen) atoms. The molecule has 2 N–H and O–H groups in total. The number of hydrogen-bond acceptors (Lipinski definition) is 10. The van der Waals surface area contributed by atoms with Crippen LogP contribution >= 0.6 is 0 Å². The van der Waals surface area contributed by atoms with Gasteiger partial charge >= 0.3 is 45.5 Å². The summed E-state index contributed by atoms with van der Waals surface area (Å²) >= 11 is 0. The van der Waals surface area contributed by atoms with Crippen molar-refractivity contribution in [2.45, 2.75) is 55.5 Å². The number of carboxylic acids is 2. The van der Waals surface area contributed by atoms with Crippen molar-refractivity contribution in [3.63, 3.8) is 0 Å². The normalized spacial score (nSPS) is 30.4. The first-order valence-corrected chi connectivity index (χ1v) is 10.5. The summed E-state index contributed by atoms with van der Waals surface area (Å²) in [6.45, 7) is 1.05. The van der Waals surface area contributed by atoms with E-state index in [4.69, 9.17) is 19.7 Å². The minimum atomic E-state index is -2.44. The molecule has 6 atom stereocenters. The number of benzene rings is 1. The maximum absolute atomic E-state index is 12.6. The Bertz CT molecular complexity index is 951. The first-order valence-electron chi connectivity index (χ1n) is 10.5. The monoisotopic (exact) mass is 535 g/mol. The van der Waals surface area contributed by atoms with E-state index in [-0.39, 0.29) is 62.8 Å². The maximum Gasteiger partial charge on any atom is 2.00 e. The molecule has 10 nitrogen and oxygen atoms in total. The molecule has 1 spiro atoms. The van der Waals surface area contributed by atoms with Crippen LogP contribution in [0.2, 0.25) is 0 Å². The molecule has 2 unspecified atom stereocenters. The third-order valence-corrected chi connectivity index (χ3v) is 7.37. The van der Waals surface area contributed by atoms with Crippen LogP contribution in [0.4, 0.5) is 0 Å². The first kappa shape index (κ1) is 26.4. The van der Waals surface area contributed by atoms with E-state index in [1.807, 2.05) is 6.07 Å². The molecular weight excluding hydrogens is 510 g/mol. The summed E-state index contributed by atoms with van der Waals surface area (Å²) in [4.78, 5) is 34.4. The average molecular weight is 535 g/mol. The minimum Gasteiger partial charge on any atom is -0.547 e.